The SMILES string of the molecule is CCOC(=O)Nc1ccc(Cl)c(COC(=O)C2C(C=C(Cl)Cl)C2(C)C)c1Cl. The van der Waals surface area contributed by atoms with Crippen LogP contribution in [0.4, 0.5) is 10.5 Å². The van der Waals surface area contributed by atoms with E-state index >= 15 is 0 Å². The van der Waals surface area contributed by atoms with E-state index in [-0.39, 0.29) is 40.0 Å². The van der Waals surface area contributed by atoms with Gasteiger partial charge in [-0.15, -0.1) is 0 Å². The quantitative estimate of drug-likeness (QED) is 0.520. The van der Waals surface area contributed by atoms with Crippen LogP contribution in [0.15, 0.2) is 22.7 Å². The first-order valence-electron chi connectivity index (χ1n) is 8.19. The van der Waals surface area contributed by atoms with Crippen molar-refractivity contribution in [2.45, 2.75) is 27.4 Å². The normalized spacial score (nSPS) is 19.8. The molecule has 0 spiro atoms. The highest BCUT2D eigenvalue weighted by molar-refractivity contribution is 6.55. The van der Waals surface area contributed by atoms with E-state index in [1.807, 2.05) is 13.8 Å². The Kier molecular flexibility index (Phi) is 7.31. The van der Waals surface area contributed by atoms with E-state index in [0.29, 0.717) is 16.3 Å². The molecule has 9 heteroatoms. The summed E-state index contributed by atoms with van der Waals surface area (Å²) < 4.78 is 10.3. The highest BCUT2D eigenvalue weighted by atomic mass is 35.5. The van der Waals surface area contributed by atoms with Crippen LogP contribution in [0.2, 0.25) is 10.0 Å². The molecule has 0 aliphatic heterocycles. The van der Waals surface area contributed by atoms with Gasteiger partial charge in [-0.25, -0.2) is 4.79 Å². The summed E-state index contributed by atoms with van der Waals surface area (Å²) in [5.74, 6) is -0.854. The number of esters is 1. The van der Waals surface area contributed by atoms with Crippen LogP contribution >= 0.6 is 46.4 Å². The summed E-state index contributed by atoms with van der Waals surface area (Å²) in [6.45, 7) is 5.64. The number of anilines is 1. The van der Waals surface area contributed by atoms with Gasteiger partial charge in [0, 0.05) is 10.6 Å². The van der Waals surface area contributed by atoms with E-state index in [2.05, 4.69) is 5.32 Å². The van der Waals surface area contributed by atoms with Gasteiger partial charge in [0.2, 0.25) is 0 Å². The van der Waals surface area contributed by atoms with Crippen molar-refractivity contribution >= 4 is 64.2 Å². The van der Waals surface area contributed by atoms with Crippen LogP contribution in [-0.4, -0.2) is 18.7 Å². The molecule has 0 saturated heterocycles. The number of hydrogen-bond donors (Lipinski definition) is 1. The van der Waals surface area contributed by atoms with Crippen molar-refractivity contribution in [3.8, 4) is 0 Å². The third-order valence-electron chi connectivity index (χ3n) is 4.53. The van der Waals surface area contributed by atoms with Crippen molar-refractivity contribution in [1.82, 2.24) is 0 Å². The predicted octanol–water partition coefficient (Wildman–Crippen LogP) is 6.20. The van der Waals surface area contributed by atoms with E-state index in [1.54, 1.807) is 25.1 Å². The van der Waals surface area contributed by atoms with Gasteiger partial charge in [0.05, 0.1) is 23.2 Å². The third kappa shape index (κ3) is 5.23. The average molecular weight is 455 g/mol. The molecule has 0 aromatic heterocycles. The van der Waals surface area contributed by atoms with Gasteiger partial charge < -0.3 is 9.47 Å². The summed E-state index contributed by atoms with van der Waals surface area (Å²) in [5, 5.41) is 3.01. The van der Waals surface area contributed by atoms with Gasteiger partial charge in [0.15, 0.2) is 0 Å². The van der Waals surface area contributed by atoms with Gasteiger partial charge in [-0.1, -0.05) is 60.3 Å². The first-order chi connectivity index (χ1) is 12.6. The van der Waals surface area contributed by atoms with Crippen molar-refractivity contribution in [3.63, 3.8) is 0 Å². The minimum atomic E-state index is -0.642. The summed E-state index contributed by atoms with van der Waals surface area (Å²) >= 11 is 23.9. The van der Waals surface area contributed by atoms with E-state index in [1.165, 1.54) is 0 Å². The van der Waals surface area contributed by atoms with Crippen LogP contribution in [0.5, 0.6) is 0 Å². The molecule has 0 bridgehead atoms. The number of hydrogen-bond acceptors (Lipinski definition) is 4. The van der Waals surface area contributed by atoms with Gasteiger partial charge in [-0.2, -0.15) is 0 Å². The lowest BCUT2D eigenvalue weighted by molar-refractivity contribution is -0.147. The van der Waals surface area contributed by atoms with Crippen LogP contribution < -0.4 is 5.32 Å². The Morgan fingerprint density at radius 2 is 1.89 bits per heavy atom. The Hall–Kier alpha value is -1.14. The van der Waals surface area contributed by atoms with Crippen molar-refractivity contribution in [1.29, 1.82) is 0 Å². The van der Waals surface area contributed by atoms with Crippen molar-refractivity contribution in [2.75, 3.05) is 11.9 Å². The zero-order valence-electron chi connectivity index (χ0n) is 14.9. The van der Waals surface area contributed by atoms with E-state index in [9.17, 15) is 9.59 Å². The maximum Gasteiger partial charge on any atom is 0.411 e. The molecule has 1 aliphatic carbocycles. The molecule has 1 N–H and O–H groups in total. The topological polar surface area (TPSA) is 64.6 Å². The fourth-order valence-corrected chi connectivity index (χ4v) is 3.71. The molecule has 2 unspecified atom stereocenters. The number of benzene rings is 1. The minimum Gasteiger partial charge on any atom is -0.460 e. The molecule has 1 saturated carbocycles. The van der Waals surface area contributed by atoms with Crippen molar-refractivity contribution in [3.05, 3.63) is 38.3 Å². The third-order valence-corrected chi connectivity index (χ3v) is 5.56. The molecule has 0 radical (unpaired) electrons. The summed E-state index contributed by atoms with van der Waals surface area (Å²) in [4.78, 5) is 24.0. The Labute approximate surface area is 177 Å². The molecule has 148 valence electrons. The first kappa shape index (κ1) is 22.2. The summed E-state index contributed by atoms with van der Waals surface area (Å²) in [5.41, 5.74) is 0.404. The van der Waals surface area contributed by atoms with Gasteiger partial charge in [0.25, 0.3) is 0 Å². The Bertz CT molecular complexity index is 775. The van der Waals surface area contributed by atoms with E-state index in [0.717, 1.165) is 0 Å². The monoisotopic (exact) mass is 453 g/mol. The number of amides is 1. The summed E-state index contributed by atoms with van der Waals surface area (Å²) in [6, 6.07) is 3.10. The molecular weight excluding hydrogens is 436 g/mol. The molecule has 1 aromatic rings. The van der Waals surface area contributed by atoms with Crippen molar-refractivity contribution < 1.29 is 19.1 Å². The van der Waals surface area contributed by atoms with Crippen molar-refractivity contribution in [2.24, 2.45) is 17.3 Å². The fraction of sp³-hybridized carbons (Fsp3) is 0.444. The maximum atomic E-state index is 12.4. The van der Waals surface area contributed by atoms with Crippen LogP contribution in [0.1, 0.15) is 26.3 Å². The minimum absolute atomic E-state index is 0.0993. The van der Waals surface area contributed by atoms with Crippen LogP contribution in [0.3, 0.4) is 0 Å². The second-order valence-electron chi connectivity index (χ2n) is 6.62. The summed E-state index contributed by atoms with van der Waals surface area (Å²) in [6.07, 6.45) is 0.996. The zero-order chi connectivity index (χ0) is 20.4. The Balaban J connectivity index is 2.08. The lowest BCUT2D eigenvalue weighted by Gasteiger charge is -2.13. The van der Waals surface area contributed by atoms with Crippen LogP contribution in [-0.2, 0) is 20.9 Å². The molecule has 2 atom stereocenters. The summed E-state index contributed by atoms with van der Waals surface area (Å²) in [7, 11) is 0. The standard InChI is InChI=1S/C18H19Cl4NO4/c1-4-26-17(25)23-12-6-5-11(19)9(15(12)22)8-27-16(24)14-10(7-13(20)21)18(14,2)3/h5-7,10,14H,4,8H2,1-3H3,(H,23,25). The lowest BCUT2D eigenvalue weighted by Crippen LogP contribution is -2.14. The van der Waals surface area contributed by atoms with Crippen LogP contribution in [0.25, 0.3) is 0 Å². The number of carbonyl (C=O) groups is 2. The molecule has 1 amide bonds. The molecule has 1 fully saturated rings. The number of allylic oxidation sites excluding steroid dienone is 1. The predicted molar refractivity (Wildman–Crippen MR) is 107 cm³/mol. The van der Waals surface area contributed by atoms with Gasteiger partial charge in [-0.05, 0) is 36.5 Å². The second-order valence-corrected chi connectivity index (χ2v) is 8.41. The molecule has 2 rings (SSSR count). The molecule has 27 heavy (non-hydrogen) atoms. The first-order valence-corrected chi connectivity index (χ1v) is 9.70. The second kappa shape index (κ2) is 8.91. The highest BCUT2D eigenvalue weighted by Gasteiger charge is 2.61. The molecule has 5 nitrogen and oxygen atoms in total. The Morgan fingerprint density at radius 1 is 1.22 bits per heavy atom. The zero-order valence-corrected chi connectivity index (χ0v) is 18.0. The Morgan fingerprint density at radius 3 is 2.48 bits per heavy atom. The molecule has 1 aliphatic rings. The maximum absolute atomic E-state index is 12.4. The fourth-order valence-electron chi connectivity index (χ4n) is 2.91. The number of rotatable bonds is 6. The van der Waals surface area contributed by atoms with Gasteiger partial charge in [0.1, 0.15) is 11.1 Å². The van der Waals surface area contributed by atoms with Crippen LogP contribution in [0, 0.1) is 17.3 Å². The molecule has 1 aromatic carbocycles. The highest BCUT2D eigenvalue weighted by Crippen LogP contribution is 2.60. The van der Waals surface area contributed by atoms with Gasteiger partial charge in [-0.3, -0.25) is 10.1 Å². The van der Waals surface area contributed by atoms with E-state index in [4.69, 9.17) is 55.9 Å². The largest absolute Gasteiger partial charge is 0.460 e. The number of nitrogens with one attached hydrogen (secondary N) is 1. The number of halogens is 4. The van der Waals surface area contributed by atoms with Gasteiger partial charge >= 0.3 is 12.1 Å². The smallest absolute Gasteiger partial charge is 0.411 e. The molecular formula is C18H19Cl4NO4. The number of carbonyl (C=O) groups excluding carboxylic acids is 2. The molecule has 0 heterocycles. The average Bonchev–Trinajstić information content (AvgIpc) is 3.09. The number of ether oxygens (including phenoxy) is 2. The van der Waals surface area contributed by atoms with E-state index < -0.39 is 12.1 Å². The lowest BCUT2D eigenvalue weighted by atomic mass is 10.1.